The Labute approximate surface area is 144 Å². The zero-order valence-electron chi connectivity index (χ0n) is 15.4. The first kappa shape index (κ1) is 19.0. The number of nitrogens with zero attached hydrogens (tertiary/aromatic N) is 2. The first-order chi connectivity index (χ1) is 11.2. The summed E-state index contributed by atoms with van der Waals surface area (Å²) < 4.78 is 5.28. The van der Waals surface area contributed by atoms with Crippen LogP contribution < -0.4 is 11.1 Å². The lowest BCUT2D eigenvalue weighted by Gasteiger charge is -2.45. The number of urea groups is 1. The van der Waals surface area contributed by atoms with Crippen molar-refractivity contribution in [3.05, 3.63) is 0 Å². The molecule has 7 nitrogen and oxygen atoms in total. The second-order valence-corrected chi connectivity index (χ2v) is 8.03. The molecule has 3 unspecified atom stereocenters. The second kappa shape index (κ2) is 7.70. The van der Waals surface area contributed by atoms with Crippen LogP contribution in [0.15, 0.2) is 0 Å². The molecule has 0 aliphatic carbocycles. The summed E-state index contributed by atoms with van der Waals surface area (Å²) in [6.45, 7) is 12.7. The molecule has 2 fully saturated rings. The zero-order valence-corrected chi connectivity index (χ0v) is 15.4. The molecular formula is C17H32N4O3. The van der Waals surface area contributed by atoms with Gasteiger partial charge in [0.05, 0.1) is 13.2 Å². The molecule has 2 aliphatic heterocycles. The average molecular weight is 340 g/mol. The van der Waals surface area contributed by atoms with Gasteiger partial charge in [-0.2, -0.15) is 0 Å². The fourth-order valence-electron chi connectivity index (χ4n) is 3.68. The summed E-state index contributed by atoms with van der Waals surface area (Å²) in [7, 11) is 0. The lowest BCUT2D eigenvalue weighted by atomic mass is 9.88. The van der Waals surface area contributed by atoms with Crippen molar-refractivity contribution in [3.63, 3.8) is 0 Å². The monoisotopic (exact) mass is 340 g/mol. The molecule has 2 aliphatic rings. The average Bonchev–Trinajstić information content (AvgIpc) is 2.52. The molecule has 0 aromatic heterocycles. The van der Waals surface area contributed by atoms with Crippen LogP contribution in [0.1, 0.15) is 34.1 Å². The minimum absolute atomic E-state index is 0.103. The maximum absolute atomic E-state index is 12.4. The van der Waals surface area contributed by atoms with Crippen molar-refractivity contribution in [2.45, 2.75) is 45.8 Å². The molecule has 0 aromatic rings. The topological polar surface area (TPSA) is 87.9 Å². The van der Waals surface area contributed by atoms with Crippen LogP contribution in [-0.2, 0) is 9.53 Å². The molecule has 2 rings (SSSR count). The smallest absolute Gasteiger partial charge is 0.317 e. The van der Waals surface area contributed by atoms with Gasteiger partial charge in [0.1, 0.15) is 0 Å². The Kier molecular flexibility index (Phi) is 6.09. The third kappa shape index (κ3) is 4.83. The number of nitrogens with two attached hydrogens (primary N) is 1. The molecule has 0 saturated carbocycles. The number of nitrogens with one attached hydrogen (secondary N) is 1. The Bertz CT molecular complexity index is 459. The molecule has 0 bridgehead atoms. The highest BCUT2D eigenvalue weighted by molar-refractivity contribution is 5.81. The van der Waals surface area contributed by atoms with Gasteiger partial charge in [-0.15, -0.1) is 0 Å². The number of primary amides is 1. The second-order valence-electron chi connectivity index (χ2n) is 8.03. The third-order valence-electron chi connectivity index (χ3n) is 5.07. The van der Waals surface area contributed by atoms with Crippen LogP contribution in [0, 0.1) is 11.8 Å². The van der Waals surface area contributed by atoms with E-state index in [1.807, 2.05) is 0 Å². The number of amides is 3. The van der Waals surface area contributed by atoms with Crippen molar-refractivity contribution in [1.29, 1.82) is 0 Å². The molecule has 3 atom stereocenters. The molecule has 0 aromatic carbocycles. The van der Waals surface area contributed by atoms with Gasteiger partial charge in [-0.05, 0) is 32.1 Å². The van der Waals surface area contributed by atoms with Gasteiger partial charge in [0, 0.05) is 31.7 Å². The van der Waals surface area contributed by atoms with E-state index in [1.54, 1.807) is 4.90 Å². The summed E-state index contributed by atoms with van der Waals surface area (Å²) in [4.78, 5) is 27.7. The van der Waals surface area contributed by atoms with Crippen LogP contribution in [0.3, 0.4) is 0 Å². The molecule has 7 heteroatoms. The highest BCUT2D eigenvalue weighted by Gasteiger charge is 2.34. The zero-order chi connectivity index (χ0) is 17.9. The number of likely N-dealkylation sites (tertiary alicyclic amines) is 1. The van der Waals surface area contributed by atoms with E-state index in [2.05, 4.69) is 37.9 Å². The van der Waals surface area contributed by atoms with Gasteiger partial charge in [0.15, 0.2) is 6.10 Å². The van der Waals surface area contributed by atoms with Crippen LogP contribution in [0.25, 0.3) is 0 Å². The Morgan fingerprint density at radius 1 is 1.21 bits per heavy atom. The van der Waals surface area contributed by atoms with Crippen LogP contribution in [0.2, 0.25) is 0 Å². The Morgan fingerprint density at radius 2 is 1.83 bits per heavy atom. The van der Waals surface area contributed by atoms with Crippen molar-refractivity contribution in [2.24, 2.45) is 17.6 Å². The number of carbonyl (C=O) groups is 2. The molecule has 2 heterocycles. The number of hydrogen-bond acceptors (Lipinski definition) is 4. The molecular weight excluding hydrogens is 308 g/mol. The fourth-order valence-corrected chi connectivity index (χ4v) is 3.68. The lowest BCUT2D eigenvalue weighted by molar-refractivity contribution is -0.133. The van der Waals surface area contributed by atoms with E-state index in [0.29, 0.717) is 31.5 Å². The summed E-state index contributed by atoms with van der Waals surface area (Å²) in [6, 6.07) is -0.157. The van der Waals surface area contributed by atoms with Gasteiger partial charge >= 0.3 is 6.03 Å². The minimum atomic E-state index is -0.707. The van der Waals surface area contributed by atoms with Gasteiger partial charge in [-0.1, -0.05) is 13.8 Å². The van der Waals surface area contributed by atoms with Crippen LogP contribution >= 0.6 is 0 Å². The van der Waals surface area contributed by atoms with Crippen molar-refractivity contribution >= 4 is 11.9 Å². The van der Waals surface area contributed by atoms with Gasteiger partial charge in [-0.25, -0.2) is 4.79 Å². The van der Waals surface area contributed by atoms with Crippen molar-refractivity contribution in [2.75, 3.05) is 39.3 Å². The molecule has 2 saturated heterocycles. The highest BCUT2D eigenvalue weighted by atomic mass is 16.5. The summed E-state index contributed by atoms with van der Waals surface area (Å²) in [5, 5.41) is 3.02. The molecule has 3 N–H and O–H groups in total. The molecule has 3 amide bonds. The standard InChI is InChI=1S/C17H32N4O3/c1-12-7-13(2)9-21(8-12)17(3,4)11-19-16(23)20-5-6-24-14(10-20)15(18)22/h12-14H,5-11H2,1-4H3,(H2,18,22)(H,19,23). The predicted octanol–water partition coefficient (Wildman–Crippen LogP) is 0.639. The summed E-state index contributed by atoms with van der Waals surface area (Å²) >= 11 is 0. The normalized spacial score (nSPS) is 29.3. The number of ether oxygens (including phenoxy) is 1. The molecule has 0 radical (unpaired) electrons. The van der Waals surface area contributed by atoms with E-state index in [-0.39, 0.29) is 18.1 Å². The Morgan fingerprint density at radius 3 is 2.42 bits per heavy atom. The van der Waals surface area contributed by atoms with Gasteiger partial charge in [0.25, 0.3) is 0 Å². The number of morpholine rings is 1. The van der Waals surface area contributed by atoms with E-state index in [4.69, 9.17) is 10.5 Å². The predicted molar refractivity (Wildman–Crippen MR) is 92.5 cm³/mol. The first-order valence-corrected chi connectivity index (χ1v) is 8.88. The van der Waals surface area contributed by atoms with E-state index in [0.717, 1.165) is 13.1 Å². The summed E-state index contributed by atoms with van der Waals surface area (Å²) in [6.07, 6.45) is 0.558. The van der Waals surface area contributed by atoms with Crippen LogP contribution in [0.5, 0.6) is 0 Å². The third-order valence-corrected chi connectivity index (χ3v) is 5.07. The summed E-state index contributed by atoms with van der Waals surface area (Å²) in [5.41, 5.74) is 5.16. The van der Waals surface area contributed by atoms with Crippen molar-refractivity contribution < 1.29 is 14.3 Å². The van der Waals surface area contributed by atoms with Crippen LogP contribution in [0.4, 0.5) is 4.79 Å². The number of rotatable bonds is 4. The largest absolute Gasteiger partial charge is 0.367 e. The number of carbonyl (C=O) groups excluding carboxylic acids is 2. The summed E-state index contributed by atoms with van der Waals surface area (Å²) in [5.74, 6) is 0.836. The molecule has 138 valence electrons. The van der Waals surface area contributed by atoms with E-state index >= 15 is 0 Å². The highest BCUT2D eigenvalue weighted by Crippen LogP contribution is 2.26. The van der Waals surface area contributed by atoms with E-state index < -0.39 is 12.0 Å². The van der Waals surface area contributed by atoms with Crippen molar-refractivity contribution in [1.82, 2.24) is 15.1 Å². The fraction of sp³-hybridized carbons (Fsp3) is 0.882. The maximum atomic E-state index is 12.4. The quantitative estimate of drug-likeness (QED) is 0.786. The lowest BCUT2D eigenvalue weighted by Crippen LogP contribution is -2.59. The first-order valence-electron chi connectivity index (χ1n) is 8.88. The SMILES string of the molecule is CC1CC(C)CN(C(C)(C)CNC(=O)N2CCOC(C(N)=O)C2)C1. The van der Waals surface area contributed by atoms with E-state index in [1.165, 1.54) is 6.42 Å². The van der Waals surface area contributed by atoms with Crippen LogP contribution in [-0.4, -0.2) is 72.7 Å². The van der Waals surface area contributed by atoms with Crippen molar-refractivity contribution in [3.8, 4) is 0 Å². The number of piperidine rings is 1. The molecule has 24 heavy (non-hydrogen) atoms. The molecule has 0 spiro atoms. The Hall–Kier alpha value is -1.34. The maximum Gasteiger partial charge on any atom is 0.317 e. The van der Waals surface area contributed by atoms with E-state index in [9.17, 15) is 9.59 Å². The van der Waals surface area contributed by atoms with Gasteiger partial charge in [-0.3, -0.25) is 9.69 Å². The minimum Gasteiger partial charge on any atom is -0.367 e. The number of hydrogen-bond donors (Lipinski definition) is 2. The van der Waals surface area contributed by atoms with Gasteiger partial charge in [0.2, 0.25) is 5.91 Å². The Balaban J connectivity index is 1.86. The van der Waals surface area contributed by atoms with Gasteiger partial charge < -0.3 is 20.7 Å².